The summed E-state index contributed by atoms with van der Waals surface area (Å²) >= 11 is 5.84. The van der Waals surface area contributed by atoms with Gasteiger partial charge < -0.3 is 5.11 Å². The number of aliphatic hydroxyl groups excluding tert-OH is 1. The van der Waals surface area contributed by atoms with E-state index in [4.69, 9.17) is 16.7 Å². The maximum atomic E-state index is 11.9. The fraction of sp³-hybridized carbons (Fsp3) is 0.400. The molecular formula is C10H14ClNO3S. The van der Waals surface area contributed by atoms with E-state index in [2.05, 4.69) is 0 Å². The van der Waals surface area contributed by atoms with Crippen LogP contribution in [-0.2, 0) is 16.6 Å². The zero-order valence-electron chi connectivity index (χ0n) is 9.14. The Morgan fingerprint density at radius 2 is 2.06 bits per heavy atom. The van der Waals surface area contributed by atoms with Gasteiger partial charge in [0.05, 0.1) is 11.5 Å². The van der Waals surface area contributed by atoms with Crippen LogP contribution in [-0.4, -0.2) is 31.4 Å². The lowest BCUT2D eigenvalue weighted by Gasteiger charge is -2.15. The highest BCUT2D eigenvalue weighted by atomic mass is 35.5. The molecule has 0 aliphatic carbocycles. The topological polar surface area (TPSA) is 57.6 Å². The molecule has 0 saturated carbocycles. The number of halogens is 1. The van der Waals surface area contributed by atoms with E-state index in [1.165, 1.54) is 29.6 Å². The summed E-state index contributed by atoms with van der Waals surface area (Å²) in [5.41, 5.74) is 0.514. The summed E-state index contributed by atoms with van der Waals surface area (Å²) in [6.45, 7) is 1.94. The first kappa shape index (κ1) is 13.4. The maximum Gasteiger partial charge on any atom is 0.242 e. The van der Waals surface area contributed by atoms with Crippen LogP contribution in [0.25, 0.3) is 0 Å². The van der Waals surface area contributed by atoms with E-state index in [0.29, 0.717) is 12.1 Å². The molecule has 1 rings (SSSR count). The molecule has 16 heavy (non-hydrogen) atoms. The highest BCUT2D eigenvalue weighted by Crippen LogP contribution is 2.22. The molecule has 0 aliphatic rings. The SMILES string of the molecule is CCN(C)S(=O)(=O)c1ccc(CO)c(Cl)c1. The van der Waals surface area contributed by atoms with E-state index in [9.17, 15) is 8.42 Å². The summed E-state index contributed by atoms with van der Waals surface area (Å²) in [6.07, 6.45) is 0. The first-order chi connectivity index (χ1) is 7.43. The largest absolute Gasteiger partial charge is 0.392 e. The summed E-state index contributed by atoms with van der Waals surface area (Å²) in [4.78, 5) is 0.138. The van der Waals surface area contributed by atoms with Gasteiger partial charge in [0.25, 0.3) is 0 Å². The summed E-state index contributed by atoms with van der Waals surface area (Å²) in [5.74, 6) is 0. The van der Waals surface area contributed by atoms with Crippen molar-refractivity contribution in [3.8, 4) is 0 Å². The zero-order chi connectivity index (χ0) is 12.3. The minimum absolute atomic E-state index is 0.138. The smallest absolute Gasteiger partial charge is 0.242 e. The molecule has 0 radical (unpaired) electrons. The fourth-order valence-corrected chi connectivity index (χ4v) is 2.68. The van der Waals surface area contributed by atoms with E-state index < -0.39 is 10.0 Å². The first-order valence-electron chi connectivity index (χ1n) is 4.79. The lowest BCUT2D eigenvalue weighted by molar-refractivity contribution is 0.282. The van der Waals surface area contributed by atoms with Gasteiger partial charge in [-0.2, -0.15) is 0 Å². The Bertz CT molecular complexity index is 473. The minimum Gasteiger partial charge on any atom is -0.392 e. The molecular weight excluding hydrogens is 250 g/mol. The molecule has 0 amide bonds. The molecule has 0 fully saturated rings. The monoisotopic (exact) mass is 263 g/mol. The van der Waals surface area contributed by atoms with Crippen LogP contribution in [0.1, 0.15) is 12.5 Å². The van der Waals surface area contributed by atoms with Crippen LogP contribution in [0, 0.1) is 0 Å². The predicted molar refractivity (Wildman–Crippen MR) is 62.9 cm³/mol. The number of nitrogens with zero attached hydrogens (tertiary/aromatic N) is 1. The standard InChI is InChI=1S/C10H14ClNO3S/c1-3-12(2)16(14,15)9-5-4-8(7-13)10(11)6-9/h4-6,13H,3,7H2,1-2H3. The van der Waals surface area contributed by atoms with Gasteiger partial charge in [-0.3, -0.25) is 0 Å². The Morgan fingerprint density at radius 1 is 1.44 bits per heavy atom. The summed E-state index contributed by atoms with van der Waals surface area (Å²) in [6, 6.07) is 4.31. The van der Waals surface area contributed by atoms with E-state index in [-0.39, 0.29) is 16.5 Å². The Kier molecular flexibility index (Phi) is 4.32. The normalized spacial score (nSPS) is 12.1. The zero-order valence-corrected chi connectivity index (χ0v) is 10.7. The molecule has 0 spiro atoms. The van der Waals surface area contributed by atoms with Crippen molar-refractivity contribution in [2.75, 3.05) is 13.6 Å². The van der Waals surface area contributed by atoms with Crippen LogP contribution >= 0.6 is 11.6 Å². The lowest BCUT2D eigenvalue weighted by atomic mass is 10.2. The molecule has 1 aromatic carbocycles. The fourth-order valence-electron chi connectivity index (χ4n) is 1.17. The van der Waals surface area contributed by atoms with Gasteiger partial charge in [-0.1, -0.05) is 24.6 Å². The molecule has 1 aromatic rings. The molecule has 6 heteroatoms. The van der Waals surface area contributed by atoms with Gasteiger partial charge in [0.15, 0.2) is 0 Å². The molecule has 0 atom stereocenters. The van der Waals surface area contributed by atoms with Gasteiger partial charge in [-0.15, -0.1) is 0 Å². The van der Waals surface area contributed by atoms with Crippen molar-refractivity contribution in [2.45, 2.75) is 18.4 Å². The molecule has 0 aromatic heterocycles. The van der Waals surface area contributed by atoms with E-state index in [1.54, 1.807) is 6.92 Å². The summed E-state index contributed by atoms with van der Waals surface area (Å²) < 4.78 is 25.1. The van der Waals surface area contributed by atoms with Crippen LogP contribution in [0.5, 0.6) is 0 Å². The second-order valence-electron chi connectivity index (χ2n) is 3.33. The van der Waals surface area contributed by atoms with Crippen molar-refractivity contribution >= 4 is 21.6 Å². The molecule has 0 unspecified atom stereocenters. The summed E-state index contributed by atoms with van der Waals surface area (Å²) in [5, 5.41) is 9.18. The van der Waals surface area contributed by atoms with Crippen molar-refractivity contribution in [2.24, 2.45) is 0 Å². The average molecular weight is 264 g/mol. The van der Waals surface area contributed by atoms with E-state index in [1.807, 2.05) is 0 Å². The number of hydrogen-bond donors (Lipinski definition) is 1. The van der Waals surface area contributed by atoms with Crippen LogP contribution in [0.15, 0.2) is 23.1 Å². The number of rotatable bonds is 4. The van der Waals surface area contributed by atoms with Crippen molar-refractivity contribution in [1.29, 1.82) is 0 Å². The Labute approximate surface area is 101 Å². The third-order valence-electron chi connectivity index (χ3n) is 2.35. The minimum atomic E-state index is -3.47. The number of hydrogen-bond acceptors (Lipinski definition) is 3. The Hall–Kier alpha value is -0.620. The van der Waals surface area contributed by atoms with Gasteiger partial charge in [0.1, 0.15) is 0 Å². The van der Waals surface area contributed by atoms with Gasteiger partial charge in [0, 0.05) is 18.6 Å². The van der Waals surface area contributed by atoms with Gasteiger partial charge in [-0.05, 0) is 17.7 Å². The molecule has 0 bridgehead atoms. The van der Waals surface area contributed by atoms with E-state index in [0.717, 1.165) is 0 Å². The van der Waals surface area contributed by atoms with Crippen molar-refractivity contribution < 1.29 is 13.5 Å². The second kappa shape index (κ2) is 5.14. The number of aliphatic hydroxyl groups is 1. The Morgan fingerprint density at radius 3 is 2.50 bits per heavy atom. The number of sulfonamides is 1. The molecule has 0 aliphatic heterocycles. The molecule has 90 valence electrons. The first-order valence-corrected chi connectivity index (χ1v) is 6.61. The lowest BCUT2D eigenvalue weighted by Crippen LogP contribution is -2.26. The second-order valence-corrected chi connectivity index (χ2v) is 5.78. The third kappa shape index (κ3) is 2.55. The number of benzene rings is 1. The quantitative estimate of drug-likeness (QED) is 0.895. The predicted octanol–water partition coefficient (Wildman–Crippen LogP) is 1.47. The molecule has 4 nitrogen and oxygen atoms in total. The maximum absolute atomic E-state index is 11.9. The van der Waals surface area contributed by atoms with Crippen molar-refractivity contribution in [3.05, 3.63) is 28.8 Å². The average Bonchev–Trinajstić information content (AvgIpc) is 2.27. The van der Waals surface area contributed by atoms with Crippen LogP contribution < -0.4 is 0 Å². The highest BCUT2D eigenvalue weighted by molar-refractivity contribution is 7.89. The van der Waals surface area contributed by atoms with Gasteiger partial charge in [0.2, 0.25) is 10.0 Å². The third-order valence-corrected chi connectivity index (χ3v) is 4.63. The Balaban J connectivity index is 3.21. The van der Waals surface area contributed by atoms with Crippen molar-refractivity contribution in [1.82, 2.24) is 4.31 Å². The molecule has 0 saturated heterocycles. The van der Waals surface area contributed by atoms with Gasteiger partial charge in [-0.25, -0.2) is 12.7 Å². The van der Waals surface area contributed by atoms with Crippen molar-refractivity contribution in [3.63, 3.8) is 0 Å². The summed E-state index contributed by atoms with van der Waals surface area (Å²) in [7, 11) is -1.97. The van der Waals surface area contributed by atoms with Crippen LogP contribution in [0.4, 0.5) is 0 Å². The highest BCUT2D eigenvalue weighted by Gasteiger charge is 2.19. The molecule has 0 heterocycles. The molecule has 1 N–H and O–H groups in total. The van der Waals surface area contributed by atoms with Crippen LogP contribution in [0.2, 0.25) is 5.02 Å². The van der Waals surface area contributed by atoms with Gasteiger partial charge >= 0.3 is 0 Å². The van der Waals surface area contributed by atoms with E-state index >= 15 is 0 Å². The van der Waals surface area contributed by atoms with Crippen LogP contribution in [0.3, 0.4) is 0 Å².